The molecule has 2 saturated heterocycles. The van der Waals surface area contributed by atoms with Gasteiger partial charge in [-0.05, 0) is 56.5 Å². The molecule has 2 rings (SSSR count). The van der Waals surface area contributed by atoms with Gasteiger partial charge >= 0.3 is 0 Å². The third-order valence-electron chi connectivity index (χ3n) is 5.36. The molecule has 0 spiro atoms. The van der Waals surface area contributed by atoms with E-state index in [1.165, 1.54) is 19.3 Å². The van der Waals surface area contributed by atoms with Crippen LogP contribution in [-0.4, -0.2) is 38.3 Å². The summed E-state index contributed by atoms with van der Waals surface area (Å²) in [7, 11) is 0. The Morgan fingerprint density at radius 1 is 1.26 bits per heavy atom. The van der Waals surface area contributed by atoms with Crippen molar-refractivity contribution in [1.82, 2.24) is 10.6 Å². The minimum atomic E-state index is 0. The maximum Gasteiger partial charge on any atom is 0.220 e. The first kappa shape index (κ1) is 20.7. The van der Waals surface area contributed by atoms with Crippen LogP contribution >= 0.6 is 12.4 Å². The SMILES string of the molecule is CC(C)C1OCCCC1CNC(=O)CC(C)C1CCCNC1.Cl. The van der Waals surface area contributed by atoms with Crippen LogP contribution < -0.4 is 10.6 Å². The molecular weight excluding hydrogens is 312 g/mol. The zero-order valence-electron chi connectivity index (χ0n) is 15.0. The number of halogens is 1. The van der Waals surface area contributed by atoms with Crippen molar-refractivity contribution in [3.63, 3.8) is 0 Å². The van der Waals surface area contributed by atoms with Crippen LogP contribution in [0.5, 0.6) is 0 Å². The van der Waals surface area contributed by atoms with Crippen LogP contribution in [0.3, 0.4) is 0 Å². The number of hydrogen-bond acceptors (Lipinski definition) is 3. The fourth-order valence-electron chi connectivity index (χ4n) is 3.96. The fourth-order valence-corrected chi connectivity index (χ4v) is 3.96. The summed E-state index contributed by atoms with van der Waals surface area (Å²) in [6, 6.07) is 0. The van der Waals surface area contributed by atoms with E-state index < -0.39 is 0 Å². The number of rotatable bonds is 6. The Labute approximate surface area is 147 Å². The Balaban J connectivity index is 0.00000264. The molecule has 0 aromatic rings. The predicted molar refractivity (Wildman–Crippen MR) is 96.9 cm³/mol. The lowest BCUT2D eigenvalue weighted by Gasteiger charge is -2.34. The zero-order chi connectivity index (χ0) is 15.9. The summed E-state index contributed by atoms with van der Waals surface area (Å²) in [5.41, 5.74) is 0. The lowest BCUT2D eigenvalue weighted by molar-refractivity contribution is -0.123. The molecule has 4 unspecified atom stereocenters. The molecule has 2 aliphatic heterocycles. The number of amides is 1. The first-order chi connectivity index (χ1) is 10.6. The average Bonchev–Trinajstić information content (AvgIpc) is 2.54. The van der Waals surface area contributed by atoms with Gasteiger partial charge in [-0.15, -0.1) is 12.4 Å². The van der Waals surface area contributed by atoms with Crippen LogP contribution in [0.1, 0.15) is 52.9 Å². The molecule has 2 heterocycles. The van der Waals surface area contributed by atoms with E-state index in [9.17, 15) is 4.79 Å². The van der Waals surface area contributed by atoms with Crippen LogP contribution in [0.15, 0.2) is 0 Å². The van der Waals surface area contributed by atoms with E-state index in [0.717, 1.165) is 32.7 Å². The molecule has 4 nitrogen and oxygen atoms in total. The van der Waals surface area contributed by atoms with Crippen LogP contribution in [0, 0.1) is 23.7 Å². The standard InChI is InChI=1S/C18H34N2O2.ClH/c1-13(2)18-16(7-5-9-22-18)12-20-17(21)10-14(3)15-6-4-8-19-11-15;/h13-16,18-19H,4-12H2,1-3H3,(H,20,21);1H. The Morgan fingerprint density at radius 3 is 2.70 bits per heavy atom. The van der Waals surface area contributed by atoms with Gasteiger partial charge in [0, 0.05) is 25.5 Å². The summed E-state index contributed by atoms with van der Waals surface area (Å²) in [4.78, 5) is 12.2. The minimum Gasteiger partial charge on any atom is -0.378 e. The molecule has 0 bridgehead atoms. The molecular formula is C18H35ClN2O2. The quantitative estimate of drug-likeness (QED) is 0.777. The summed E-state index contributed by atoms with van der Waals surface area (Å²) in [6.45, 7) is 10.5. The highest BCUT2D eigenvalue weighted by Crippen LogP contribution is 2.26. The van der Waals surface area contributed by atoms with Crippen molar-refractivity contribution in [2.24, 2.45) is 23.7 Å². The van der Waals surface area contributed by atoms with Crippen LogP contribution in [-0.2, 0) is 9.53 Å². The number of ether oxygens (including phenoxy) is 1. The van der Waals surface area contributed by atoms with Crippen molar-refractivity contribution in [2.45, 2.75) is 59.0 Å². The zero-order valence-corrected chi connectivity index (χ0v) is 15.8. The van der Waals surface area contributed by atoms with Crippen molar-refractivity contribution < 1.29 is 9.53 Å². The highest BCUT2D eigenvalue weighted by Gasteiger charge is 2.29. The summed E-state index contributed by atoms with van der Waals surface area (Å²) in [6.07, 6.45) is 5.75. The van der Waals surface area contributed by atoms with Crippen molar-refractivity contribution >= 4 is 18.3 Å². The molecule has 0 aromatic heterocycles. The van der Waals surface area contributed by atoms with Crippen molar-refractivity contribution in [3.05, 3.63) is 0 Å². The van der Waals surface area contributed by atoms with Crippen molar-refractivity contribution in [1.29, 1.82) is 0 Å². The van der Waals surface area contributed by atoms with Gasteiger partial charge in [0.15, 0.2) is 0 Å². The molecule has 23 heavy (non-hydrogen) atoms. The fraction of sp³-hybridized carbons (Fsp3) is 0.944. The maximum atomic E-state index is 12.2. The monoisotopic (exact) mass is 346 g/mol. The smallest absolute Gasteiger partial charge is 0.220 e. The van der Waals surface area contributed by atoms with Gasteiger partial charge in [0.25, 0.3) is 0 Å². The third-order valence-corrected chi connectivity index (χ3v) is 5.36. The molecule has 0 aliphatic carbocycles. The number of nitrogens with one attached hydrogen (secondary N) is 2. The van der Waals surface area contributed by atoms with Crippen molar-refractivity contribution in [3.8, 4) is 0 Å². The normalized spacial score (nSPS) is 29.7. The van der Waals surface area contributed by atoms with E-state index in [1.54, 1.807) is 0 Å². The molecule has 5 heteroatoms. The molecule has 2 aliphatic rings. The van der Waals surface area contributed by atoms with Crippen LogP contribution in [0.25, 0.3) is 0 Å². The second kappa shape index (κ2) is 10.5. The average molecular weight is 347 g/mol. The first-order valence-electron chi connectivity index (χ1n) is 9.17. The van der Waals surface area contributed by atoms with E-state index in [4.69, 9.17) is 4.74 Å². The number of carbonyl (C=O) groups excluding carboxylic acids is 1. The van der Waals surface area contributed by atoms with E-state index in [0.29, 0.717) is 36.2 Å². The first-order valence-corrected chi connectivity index (χ1v) is 9.17. The van der Waals surface area contributed by atoms with Crippen LogP contribution in [0.4, 0.5) is 0 Å². The highest BCUT2D eigenvalue weighted by atomic mass is 35.5. The summed E-state index contributed by atoms with van der Waals surface area (Å²) < 4.78 is 5.90. The maximum absolute atomic E-state index is 12.2. The number of carbonyl (C=O) groups is 1. The second-order valence-corrected chi connectivity index (χ2v) is 7.57. The molecule has 0 radical (unpaired) electrons. The molecule has 1 amide bonds. The summed E-state index contributed by atoms with van der Waals surface area (Å²) in [5, 5.41) is 6.61. The molecule has 4 atom stereocenters. The van der Waals surface area contributed by atoms with Gasteiger partial charge in [0.2, 0.25) is 5.91 Å². The van der Waals surface area contributed by atoms with E-state index in [1.807, 2.05) is 0 Å². The van der Waals surface area contributed by atoms with Crippen molar-refractivity contribution in [2.75, 3.05) is 26.2 Å². The van der Waals surface area contributed by atoms with Crippen LogP contribution in [0.2, 0.25) is 0 Å². The highest BCUT2D eigenvalue weighted by molar-refractivity contribution is 5.85. The number of hydrogen-bond donors (Lipinski definition) is 2. The predicted octanol–water partition coefficient (Wildman–Crippen LogP) is 3.00. The molecule has 136 valence electrons. The lowest BCUT2D eigenvalue weighted by Crippen LogP contribution is -2.42. The van der Waals surface area contributed by atoms with E-state index in [2.05, 4.69) is 31.4 Å². The van der Waals surface area contributed by atoms with Gasteiger partial charge in [-0.2, -0.15) is 0 Å². The molecule has 0 saturated carbocycles. The second-order valence-electron chi connectivity index (χ2n) is 7.57. The van der Waals surface area contributed by atoms with E-state index >= 15 is 0 Å². The topological polar surface area (TPSA) is 50.4 Å². The molecule has 2 N–H and O–H groups in total. The Bertz CT molecular complexity index is 346. The van der Waals surface area contributed by atoms with Gasteiger partial charge in [0.05, 0.1) is 6.10 Å². The van der Waals surface area contributed by atoms with E-state index in [-0.39, 0.29) is 18.3 Å². The summed E-state index contributed by atoms with van der Waals surface area (Å²) in [5.74, 6) is 2.34. The Hall–Kier alpha value is -0.320. The lowest BCUT2D eigenvalue weighted by atomic mass is 9.85. The van der Waals surface area contributed by atoms with Gasteiger partial charge in [0.1, 0.15) is 0 Å². The largest absolute Gasteiger partial charge is 0.378 e. The minimum absolute atomic E-state index is 0. The number of piperidine rings is 1. The van der Waals surface area contributed by atoms with Gasteiger partial charge in [-0.1, -0.05) is 20.8 Å². The molecule has 0 aromatic carbocycles. The van der Waals surface area contributed by atoms with Gasteiger partial charge in [-0.3, -0.25) is 4.79 Å². The van der Waals surface area contributed by atoms with Gasteiger partial charge in [-0.25, -0.2) is 0 Å². The molecule has 2 fully saturated rings. The Morgan fingerprint density at radius 2 is 2.04 bits per heavy atom. The summed E-state index contributed by atoms with van der Waals surface area (Å²) >= 11 is 0. The third kappa shape index (κ3) is 6.60. The van der Waals surface area contributed by atoms with Gasteiger partial charge < -0.3 is 15.4 Å². The Kier molecular flexibility index (Phi) is 9.48.